The average Bonchev–Trinajstić information content (AvgIpc) is 3.00. The van der Waals surface area contributed by atoms with Crippen molar-refractivity contribution < 1.29 is 14.0 Å². The summed E-state index contributed by atoms with van der Waals surface area (Å²) in [6.45, 7) is 0.186. The molecule has 2 N–H and O–H groups in total. The topological polar surface area (TPSA) is 78.1 Å². The number of aromatic amines is 1. The fourth-order valence-corrected chi connectivity index (χ4v) is 2.52. The molecular weight excluding hydrogens is 323 g/mol. The van der Waals surface area contributed by atoms with E-state index < -0.39 is 5.82 Å². The van der Waals surface area contributed by atoms with Gasteiger partial charge >= 0.3 is 0 Å². The summed E-state index contributed by atoms with van der Waals surface area (Å²) in [5, 5.41) is 10.3. The van der Waals surface area contributed by atoms with Gasteiger partial charge < -0.3 is 10.2 Å². The average molecular weight is 340 g/mol. The first-order valence-corrected chi connectivity index (χ1v) is 7.66. The molecule has 7 heteroatoms. The number of fused-ring (bicyclic) bond motifs is 1. The first-order valence-electron chi connectivity index (χ1n) is 7.66. The number of halogens is 1. The van der Waals surface area contributed by atoms with Gasteiger partial charge in [-0.05, 0) is 50.5 Å². The highest BCUT2D eigenvalue weighted by molar-refractivity contribution is 6.15. The minimum atomic E-state index is -0.415. The molecule has 1 heterocycles. The second kappa shape index (κ2) is 6.82. The maximum absolute atomic E-state index is 13.1. The quantitative estimate of drug-likeness (QED) is 0.699. The third kappa shape index (κ3) is 3.72. The fraction of sp³-hybridized carbons (Fsp3) is 0.167. The van der Waals surface area contributed by atoms with Crippen LogP contribution < -0.4 is 5.32 Å². The van der Waals surface area contributed by atoms with Crippen LogP contribution in [0.2, 0.25) is 0 Å². The number of carbonyl (C=O) groups excluding carboxylic acids is 2. The predicted octanol–water partition coefficient (Wildman–Crippen LogP) is 2.43. The van der Waals surface area contributed by atoms with Gasteiger partial charge in [0.05, 0.1) is 23.9 Å². The van der Waals surface area contributed by atoms with Gasteiger partial charge in [0.2, 0.25) is 5.91 Å². The number of rotatable bonds is 5. The van der Waals surface area contributed by atoms with Gasteiger partial charge in [-0.15, -0.1) is 0 Å². The molecule has 0 saturated heterocycles. The van der Waals surface area contributed by atoms with E-state index in [1.807, 2.05) is 0 Å². The maximum Gasteiger partial charge on any atom is 0.238 e. The lowest BCUT2D eigenvalue weighted by Gasteiger charge is -2.13. The molecule has 0 spiro atoms. The van der Waals surface area contributed by atoms with Crippen molar-refractivity contribution in [2.24, 2.45) is 0 Å². The number of likely N-dealkylation sites (N-methyl/N-ethyl adjacent to an activating group) is 1. The molecule has 0 unspecified atom stereocenters. The van der Waals surface area contributed by atoms with E-state index in [1.165, 1.54) is 24.3 Å². The largest absolute Gasteiger partial charge is 0.324 e. The van der Waals surface area contributed by atoms with Gasteiger partial charge in [0.25, 0.3) is 0 Å². The van der Waals surface area contributed by atoms with Gasteiger partial charge in [-0.3, -0.25) is 14.7 Å². The summed E-state index contributed by atoms with van der Waals surface area (Å²) in [6.07, 6.45) is 1.60. The summed E-state index contributed by atoms with van der Waals surface area (Å²) in [6, 6.07) is 8.63. The number of amides is 1. The molecule has 6 nitrogen and oxygen atoms in total. The van der Waals surface area contributed by atoms with Crippen molar-refractivity contribution in [1.29, 1.82) is 0 Å². The summed E-state index contributed by atoms with van der Waals surface area (Å²) in [4.78, 5) is 26.7. The number of anilines is 1. The molecular formula is C18H17FN4O2. The Morgan fingerprint density at radius 2 is 1.92 bits per heavy atom. The van der Waals surface area contributed by atoms with Gasteiger partial charge in [-0.1, -0.05) is 0 Å². The molecule has 128 valence electrons. The van der Waals surface area contributed by atoms with Crippen LogP contribution >= 0.6 is 0 Å². The van der Waals surface area contributed by atoms with E-state index in [0.717, 1.165) is 5.39 Å². The zero-order valence-electron chi connectivity index (χ0n) is 13.8. The Hall–Kier alpha value is -3.06. The van der Waals surface area contributed by atoms with Crippen LogP contribution in [-0.2, 0) is 4.79 Å². The number of hydrogen-bond acceptors (Lipinski definition) is 4. The summed E-state index contributed by atoms with van der Waals surface area (Å²) >= 11 is 0. The Balaban J connectivity index is 2.02. The van der Waals surface area contributed by atoms with Crippen molar-refractivity contribution >= 4 is 28.3 Å². The summed E-state index contributed by atoms with van der Waals surface area (Å²) in [7, 11) is 3.56. The fourth-order valence-electron chi connectivity index (χ4n) is 2.52. The van der Waals surface area contributed by atoms with Gasteiger partial charge in [-0.2, -0.15) is 5.10 Å². The second-order valence-electron chi connectivity index (χ2n) is 5.98. The molecule has 3 aromatic rings. The first kappa shape index (κ1) is 16.8. The van der Waals surface area contributed by atoms with E-state index in [1.54, 1.807) is 37.3 Å². The molecule has 0 radical (unpaired) electrons. The Morgan fingerprint density at radius 3 is 2.60 bits per heavy atom. The van der Waals surface area contributed by atoms with Crippen LogP contribution in [0.25, 0.3) is 10.9 Å². The van der Waals surface area contributed by atoms with Gasteiger partial charge in [-0.25, -0.2) is 4.39 Å². The molecule has 0 saturated carbocycles. The highest BCUT2D eigenvalue weighted by Crippen LogP contribution is 2.25. The summed E-state index contributed by atoms with van der Waals surface area (Å²) in [5.41, 5.74) is 1.76. The minimum Gasteiger partial charge on any atom is -0.324 e. The Kier molecular flexibility index (Phi) is 4.58. The van der Waals surface area contributed by atoms with Crippen molar-refractivity contribution in [2.45, 2.75) is 0 Å². The number of ketones is 1. The highest BCUT2D eigenvalue weighted by Gasteiger charge is 2.17. The van der Waals surface area contributed by atoms with Crippen LogP contribution in [0.3, 0.4) is 0 Å². The molecule has 0 aliphatic rings. The van der Waals surface area contributed by atoms with Gasteiger partial charge in [0.1, 0.15) is 5.82 Å². The van der Waals surface area contributed by atoms with E-state index in [9.17, 15) is 14.0 Å². The Bertz CT molecular complexity index is 932. The number of carbonyl (C=O) groups is 2. The molecule has 0 atom stereocenters. The molecule has 1 amide bonds. The maximum atomic E-state index is 13.1. The lowest BCUT2D eigenvalue weighted by atomic mass is 10.00. The van der Waals surface area contributed by atoms with Crippen molar-refractivity contribution in [3.05, 3.63) is 59.5 Å². The summed E-state index contributed by atoms with van der Waals surface area (Å²) in [5.74, 6) is -0.957. The third-order valence-corrected chi connectivity index (χ3v) is 3.66. The number of H-pyrrole nitrogens is 1. The molecule has 1 aromatic heterocycles. The van der Waals surface area contributed by atoms with Crippen LogP contribution in [-0.4, -0.2) is 47.4 Å². The number of aromatic nitrogens is 2. The van der Waals surface area contributed by atoms with Crippen LogP contribution in [0.15, 0.2) is 42.6 Å². The first-order chi connectivity index (χ1) is 11.9. The number of nitrogens with one attached hydrogen (secondary N) is 2. The molecule has 2 aromatic carbocycles. The van der Waals surface area contributed by atoms with Crippen LogP contribution in [0, 0.1) is 5.82 Å². The summed E-state index contributed by atoms with van der Waals surface area (Å²) < 4.78 is 13.1. The minimum absolute atomic E-state index is 0.186. The monoisotopic (exact) mass is 340 g/mol. The Labute approximate surface area is 143 Å². The number of benzene rings is 2. The zero-order chi connectivity index (χ0) is 18.0. The van der Waals surface area contributed by atoms with Gasteiger partial charge in [0, 0.05) is 16.5 Å². The van der Waals surface area contributed by atoms with E-state index in [4.69, 9.17) is 0 Å². The molecule has 3 rings (SSSR count). The second-order valence-corrected chi connectivity index (χ2v) is 5.98. The lowest BCUT2D eigenvalue weighted by Crippen LogP contribution is -2.27. The number of nitrogens with zero attached hydrogens (tertiary/aromatic N) is 2. The Morgan fingerprint density at radius 1 is 1.20 bits per heavy atom. The molecule has 0 aliphatic carbocycles. The van der Waals surface area contributed by atoms with Crippen molar-refractivity contribution in [1.82, 2.24) is 15.1 Å². The number of hydrogen-bond donors (Lipinski definition) is 2. The van der Waals surface area contributed by atoms with Crippen LogP contribution in [0.1, 0.15) is 15.9 Å². The normalized spacial score (nSPS) is 11.0. The standard InChI is InChI=1S/C18H17FN4O2/c1-23(2)10-17(24)21-16-8-15-12(9-20-22-15)7-14(16)18(25)11-3-5-13(19)6-4-11/h3-9H,10H2,1-2H3,(H,20,22)(H,21,24). The SMILES string of the molecule is CN(C)CC(=O)Nc1cc2[nH]ncc2cc1C(=O)c1ccc(F)cc1. The van der Waals surface area contributed by atoms with Crippen molar-refractivity contribution in [2.75, 3.05) is 26.0 Å². The molecule has 0 fully saturated rings. The predicted molar refractivity (Wildman–Crippen MR) is 93.1 cm³/mol. The van der Waals surface area contributed by atoms with Crippen molar-refractivity contribution in [3.8, 4) is 0 Å². The molecule has 25 heavy (non-hydrogen) atoms. The van der Waals surface area contributed by atoms with Crippen LogP contribution in [0.5, 0.6) is 0 Å². The van der Waals surface area contributed by atoms with Crippen molar-refractivity contribution in [3.63, 3.8) is 0 Å². The third-order valence-electron chi connectivity index (χ3n) is 3.66. The molecule has 0 aliphatic heterocycles. The zero-order valence-corrected chi connectivity index (χ0v) is 13.8. The molecule has 0 bridgehead atoms. The van der Waals surface area contributed by atoms with Gasteiger partial charge in [0.15, 0.2) is 5.78 Å². The highest BCUT2D eigenvalue weighted by atomic mass is 19.1. The van der Waals surface area contributed by atoms with E-state index >= 15 is 0 Å². The van der Waals surface area contributed by atoms with E-state index in [0.29, 0.717) is 22.3 Å². The van der Waals surface area contributed by atoms with Crippen LogP contribution in [0.4, 0.5) is 10.1 Å². The van der Waals surface area contributed by atoms with E-state index in [2.05, 4.69) is 15.5 Å². The van der Waals surface area contributed by atoms with E-state index in [-0.39, 0.29) is 18.2 Å². The smallest absolute Gasteiger partial charge is 0.238 e. The lowest BCUT2D eigenvalue weighted by molar-refractivity contribution is -0.116.